The second kappa shape index (κ2) is 5.13. The number of rotatable bonds is 4. The maximum atomic E-state index is 11.5. The van der Waals surface area contributed by atoms with E-state index in [-0.39, 0.29) is 10.7 Å². The van der Waals surface area contributed by atoms with Gasteiger partial charge in [0.2, 0.25) is 10.0 Å². The molecule has 0 amide bonds. The second-order valence-electron chi connectivity index (χ2n) is 3.38. The lowest BCUT2D eigenvalue weighted by molar-refractivity contribution is 0.595. The smallest absolute Gasteiger partial charge is 0.247 e. The number of hydrogen-bond donors (Lipinski definition) is 1. The number of anilines is 1. The van der Waals surface area contributed by atoms with E-state index in [9.17, 15) is 16.8 Å². The molecule has 0 atom stereocenters. The summed E-state index contributed by atoms with van der Waals surface area (Å²) in [6, 6.07) is 4.57. The Hall–Kier alpha value is -0.310. The van der Waals surface area contributed by atoms with E-state index in [4.69, 9.17) is 11.6 Å². The van der Waals surface area contributed by atoms with Crippen molar-refractivity contribution in [3.05, 3.63) is 27.7 Å². The number of hydrogen-bond acceptors (Lipinski definition) is 4. The highest BCUT2D eigenvalue weighted by Gasteiger charge is 2.19. The standard InChI is InChI=1S/C8H9BrClNO4S2/c1-16(12,13)5-17(14,15)11-8-4-6(9)2-3-7(8)10/h2-4,11H,5H2,1H3. The molecule has 0 heterocycles. The average Bonchev–Trinajstić information content (AvgIpc) is 2.06. The zero-order valence-corrected chi connectivity index (χ0v) is 12.6. The van der Waals surface area contributed by atoms with Crippen LogP contribution in [-0.4, -0.2) is 28.2 Å². The average molecular weight is 363 g/mol. The zero-order valence-electron chi connectivity index (χ0n) is 8.64. The van der Waals surface area contributed by atoms with E-state index in [0.717, 1.165) is 6.26 Å². The highest BCUT2D eigenvalue weighted by Crippen LogP contribution is 2.26. The van der Waals surface area contributed by atoms with E-state index in [1.165, 1.54) is 12.1 Å². The molecular formula is C8H9BrClNO4S2. The van der Waals surface area contributed by atoms with Gasteiger partial charge in [0.25, 0.3) is 0 Å². The van der Waals surface area contributed by atoms with Gasteiger partial charge in [-0.25, -0.2) is 16.8 Å². The molecule has 0 saturated carbocycles. The highest BCUT2D eigenvalue weighted by molar-refractivity contribution is 9.10. The molecule has 0 spiro atoms. The Morgan fingerprint density at radius 1 is 1.29 bits per heavy atom. The molecule has 1 aromatic carbocycles. The maximum Gasteiger partial charge on any atom is 0.247 e. The fourth-order valence-electron chi connectivity index (χ4n) is 1.05. The van der Waals surface area contributed by atoms with Crippen LogP contribution in [0.2, 0.25) is 5.02 Å². The quantitative estimate of drug-likeness (QED) is 0.886. The molecule has 0 fully saturated rings. The summed E-state index contributed by atoms with van der Waals surface area (Å²) in [5.41, 5.74) is 0.129. The molecule has 0 aromatic heterocycles. The van der Waals surface area contributed by atoms with Gasteiger partial charge >= 0.3 is 0 Å². The molecule has 0 aliphatic carbocycles. The SMILES string of the molecule is CS(=O)(=O)CS(=O)(=O)Nc1cc(Br)ccc1Cl. The fourth-order valence-corrected chi connectivity index (χ4v) is 4.63. The van der Waals surface area contributed by atoms with Crippen LogP contribution in [-0.2, 0) is 19.9 Å². The largest absolute Gasteiger partial charge is 0.281 e. The monoisotopic (exact) mass is 361 g/mol. The summed E-state index contributed by atoms with van der Waals surface area (Å²) in [5, 5.41) is -0.798. The lowest BCUT2D eigenvalue weighted by Gasteiger charge is -2.09. The molecule has 1 aromatic rings. The third-order valence-corrected chi connectivity index (χ3v) is 5.87. The van der Waals surface area contributed by atoms with E-state index < -0.39 is 24.9 Å². The molecule has 1 N–H and O–H groups in total. The molecule has 1 rings (SSSR count). The molecular weight excluding hydrogens is 354 g/mol. The van der Waals surface area contributed by atoms with Crippen molar-refractivity contribution >= 4 is 53.1 Å². The summed E-state index contributed by atoms with van der Waals surface area (Å²) >= 11 is 8.93. The molecule has 0 aliphatic heterocycles. The van der Waals surface area contributed by atoms with Gasteiger partial charge in [-0.2, -0.15) is 0 Å². The van der Waals surface area contributed by atoms with E-state index in [1.54, 1.807) is 6.07 Å². The van der Waals surface area contributed by atoms with Gasteiger partial charge in [0.15, 0.2) is 14.9 Å². The van der Waals surface area contributed by atoms with Gasteiger partial charge in [-0.3, -0.25) is 4.72 Å². The minimum absolute atomic E-state index is 0.129. The van der Waals surface area contributed by atoms with Crippen molar-refractivity contribution in [1.29, 1.82) is 0 Å². The summed E-state index contributed by atoms with van der Waals surface area (Å²) < 4.78 is 47.6. The van der Waals surface area contributed by atoms with Crippen molar-refractivity contribution in [2.75, 3.05) is 16.1 Å². The van der Waals surface area contributed by atoms with Gasteiger partial charge in [-0.05, 0) is 18.2 Å². The lowest BCUT2D eigenvalue weighted by Crippen LogP contribution is -2.22. The van der Waals surface area contributed by atoms with Crippen LogP contribution in [0.4, 0.5) is 5.69 Å². The summed E-state index contributed by atoms with van der Waals surface area (Å²) in [5.74, 6) is 0. The fraction of sp³-hybridized carbons (Fsp3) is 0.250. The molecule has 17 heavy (non-hydrogen) atoms. The first kappa shape index (κ1) is 14.7. The first-order valence-electron chi connectivity index (χ1n) is 4.22. The van der Waals surface area contributed by atoms with Gasteiger partial charge in [0, 0.05) is 10.7 Å². The number of nitrogens with one attached hydrogen (secondary N) is 1. The molecule has 0 saturated heterocycles. The number of sulfonamides is 1. The Labute approximate surface area is 113 Å². The number of benzene rings is 1. The van der Waals surface area contributed by atoms with Crippen LogP contribution in [0.3, 0.4) is 0 Å². The van der Waals surface area contributed by atoms with Crippen LogP contribution in [0.1, 0.15) is 0 Å². The highest BCUT2D eigenvalue weighted by atomic mass is 79.9. The van der Waals surface area contributed by atoms with Crippen molar-refractivity contribution in [2.24, 2.45) is 0 Å². The van der Waals surface area contributed by atoms with Crippen LogP contribution in [0.25, 0.3) is 0 Å². The summed E-state index contributed by atoms with van der Waals surface area (Å²) in [7, 11) is -7.60. The molecule has 0 unspecified atom stereocenters. The van der Waals surface area contributed by atoms with Gasteiger partial charge in [-0.15, -0.1) is 0 Å². The molecule has 0 radical (unpaired) electrons. The summed E-state index contributed by atoms with van der Waals surface area (Å²) in [6.07, 6.45) is 0.842. The van der Waals surface area contributed by atoms with Crippen LogP contribution in [0, 0.1) is 0 Å². The van der Waals surface area contributed by atoms with Crippen LogP contribution >= 0.6 is 27.5 Å². The molecule has 0 bridgehead atoms. The van der Waals surface area contributed by atoms with E-state index in [1.807, 2.05) is 0 Å². The van der Waals surface area contributed by atoms with Gasteiger partial charge in [0.1, 0.15) is 0 Å². The topological polar surface area (TPSA) is 80.3 Å². The molecule has 0 aliphatic rings. The van der Waals surface area contributed by atoms with E-state index in [2.05, 4.69) is 20.7 Å². The summed E-state index contributed by atoms with van der Waals surface area (Å²) in [6.45, 7) is 0. The Bertz CT molecular complexity index is 627. The predicted octanol–water partition coefficient (Wildman–Crippen LogP) is 1.85. The van der Waals surface area contributed by atoms with Crippen LogP contribution in [0.5, 0.6) is 0 Å². The molecule has 9 heteroatoms. The van der Waals surface area contributed by atoms with Crippen LogP contribution in [0.15, 0.2) is 22.7 Å². The Kier molecular flexibility index (Phi) is 4.45. The lowest BCUT2D eigenvalue weighted by atomic mass is 10.3. The van der Waals surface area contributed by atoms with Crippen molar-refractivity contribution in [3.8, 4) is 0 Å². The van der Waals surface area contributed by atoms with Crippen LogP contribution < -0.4 is 4.72 Å². The van der Waals surface area contributed by atoms with Crippen molar-refractivity contribution in [1.82, 2.24) is 0 Å². The number of sulfone groups is 1. The summed E-state index contributed by atoms with van der Waals surface area (Å²) in [4.78, 5) is 0. The van der Waals surface area contributed by atoms with Crippen molar-refractivity contribution in [2.45, 2.75) is 0 Å². The first-order chi connectivity index (χ1) is 7.59. The normalized spacial score (nSPS) is 12.4. The molecule has 5 nitrogen and oxygen atoms in total. The van der Waals surface area contributed by atoms with Gasteiger partial charge in [-0.1, -0.05) is 27.5 Å². The van der Waals surface area contributed by atoms with E-state index in [0.29, 0.717) is 4.47 Å². The van der Waals surface area contributed by atoms with Crippen molar-refractivity contribution in [3.63, 3.8) is 0 Å². The zero-order chi connectivity index (χ0) is 13.3. The third kappa shape index (κ3) is 5.24. The Morgan fingerprint density at radius 2 is 1.88 bits per heavy atom. The second-order valence-corrected chi connectivity index (χ2v) is 8.94. The van der Waals surface area contributed by atoms with Crippen molar-refractivity contribution < 1.29 is 16.8 Å². The Balaban J connectivity index is 3.02. The number of halogens is 2. The predicted molar refractivity (Wildman–Crippen MR) is 71.4 cm³/mol. The minimum atomic E-state index is -3.97. The van der Waals surface area contributed by atoms with E-state index >= 15 is 0 Å². The minimum Gasteiger partial charge on any atom is -0.281 e. The molecule has 96 valence electrons. The first-order valence-corrected chi connectivity index (χ1v) is 9.11. The third-order valence-electron chi connectivity index (χ3n) is 1.56. The maximum absolute atomic E-state index is 11.5. The van der Waals surface area contributed by atoms with Gasteiger partial charge in [0.05, 0.1) is 10.7 Å². The Morgan fingerprint density at radius 3 is 2.41 bits per heavy atom. The van der Waals surface area contributed by atoms with Gasteiger partial charge < -0.3 is 0 Å².